The highest BCUT2D eigenvalue weighted by atomic mass is 35.5. The van der Waals surface area contributed by atoms with Crippen LogP contribution < -0.4 is 11.2 Å². The number of benzene rings is 1. The van der Waals surface area contributed by atoms with Crippen molar-refractivity contribution in [1.82, 2.24) is 24.7 Å². The average molecular weight is 412 g/mol. The Morgan fingerprint density at radius 1 is 1.31 bits per heavy atom. The average Bonchev–Trinajstić information content (AvgIpc) is 3.11. The molecule has 8 nitrogen and oxygen atoms in total. The van der Waals surface area contributed by atoms with Gasteiger partial charge in [0.05, 0.1) is 27.2 Å². The molecule has 1 aromatic carbocycles. The van der Waals surface area contributed by atoms with E-state index in [9.17, 15) is 4.79 Å². The minimum absolute atomic E-state index is 0.0787. The molecule has 0 aliphatic rings. The predicted octanol–water partition coefficient (Wildman–Crippen LogP) is 2.83. The molecule has 0 radical (unpaired) electrons. The van der Waals surface area contributed by atoms with Crippen molar-refractivity contribution in [2.75, 3.05) is 16.9 Å². The highest BCUT2D eigenvalue weighted by Gasteiger charge is 2.16. The number of amides is 1. The quantitative estimate of drug-likeness (QED) is 0.494. The number of thioether (sulfide) groups is 1. The third-order valence-electron chi connectivity index (χ3n) is 3.40. The number of carbonyl (C=O) groups is 1. The van der Waals surface area contributed by atoms with Gasteiger partial charge in [-0.2, -0.15) is 5.10 Å². The van der Waals surface area contributed by atoms with E-state index in [1.165, 1.54) is 4.68 Å². The van der Waals surface area contributed by atoms with Crippen molar-refractivity contribution in [2.24, 2.45) is 0 Å². The molecule has 3 N–H and O–H groups in total. The zero-order valence-electron chi connectivity index (χ0n) is 13.9. The molecule has 0 aliphatic carbocycles. The molecule has 26 heavy (non-hydrogen) atoms. The van der Waals surface area contributed by atoms with Crippen LogP contribution in [-0.4, -0.2) is 36.3 Å². The Hall–Kier alpha value is -2.23. The highest BCUT2D eigenvalue weighted by molar-refractivity contribution is 7.99. The highest BCUT2D eigenvalue weighted by Crippen LogP contribution is 2.29. The first kappa shape index (κ1) is 18.6. The summed E-state index contributed by atoms with van der Waals surface area (Å²) in [7, 11) is 0. The van der Waals surface area contributed by atoms with Gasteiger partial charge in [-0.25, -0.2) is 9.36 Å². The van der Waals surface area contributed by atoms with Crippen LogP contribution in [0.15, 0.2) is 29.4 Å². The lowest BCUT2D eigenvalue weighted by Gasteiger charge is -2.08. The molecule has 3 rings (SSSR count). The van der Waals surface area contributed by atoms with Crippen molar-refractivity contribution in [3.8, 4) is 5.95 Å². The van der Waals surface area contributed by atoms with E-state index in [0.717, 1.165) is 23.1 Å². The Labute approximate surface area is 163 Å². The van der Waals surface area contributed by atoms with Gasteiger partial charge in [0.25, 0.3) is 5.95 Å². The SMILES string of the molecule is Cc1cc(C)n(-c2nnc(SCC(=O)Nc3cccc(Cl)c3Cl)n2N)n1. The van der Waals surface area contributed by atoms with Crippen LogP contribution in [0.1, 0.15) is 11.4 Å². The van der Waals surface area contributed by atoms with Crippen LogP contribution in [0.4, 0.5) is 5.69 Å². The molecule has 136 valence electrons. The third-order valence-corrected chi connectivity index (χ3v) is 5.17. The van der Waals surface area contributed by atoms with Gasteiger partial charge in [0.15, 0.2) is 0 Å². The van der Waals surface area contributed by atoms with E-state index in [1.807, 2.05) is 19.9 Å². The Kier molecular flexibility index (Phi) is 5.40. The lowest BCUT2D eigenvalue weighted by molar-refractivity contribution is -0.113. The van der Waals surface area contributed by atoms with E-state index < -0.39 is 0 Å². The number of nitrogens with two attached hydrogens (primary N) is 1. The number of nitrogens with zero attached hydrogens (tertiary/aromatic N) is 5. The maximum Gasteiger partial charge on any atom is 0.271 e. The number of aryl methyl sites for hydroxylation is 2. The van der Waals surface area contributed by atoms with Crippen LogP contribution >= 0.6 is 35.0 Å². The van der Waals surface area contributed by atoms with Crippen LogP contribution in [0, 0.1) is 13.8 Å². The minimum atomic E-state index is -0.269. The van der Waals surface area contributed by atoms with Gasteiger partial charge in [-0.15, -0.1) is 10.2 Å². The van der Waals surface area contributed by atoms with Gasteiger partial charge in [0.1, 0.15) is 0 Å². The lowest BCUT2D eigenvalue weighted by Crippen LogP contribution is -2.19. The summed E-state index contributed by atoms with van der Waals surface area (Å²) in [6.45, 7) is 3.77. The molecule has 0 aliphatic heterocycles. The van der Waals surface area contributed by atoms with Crippen LogP contribution in [0.5, 0.6) is 0 Å². The van der Waals surface area contributed by atoms with Crippen molar-refractivity contribution in [1.29, 1.82) is 0 Å². The fourth-order valence-electron chi connectivity index (χ4n) is 2.26. The Bertz CT molecular complexity index is 969. The molecular formula is C15H15Cl2N7OS. The summed E-state index contributed by atoms with van der Waals surface area (Å²) in [5.41, 5.74) is 2.17. The topological polar surface area (TPSA) is 104 Å². The van der Waals surface area contributed by atoms with E-state index >= 15 is 0 Å². The number of rotatable bonds is 5. The van der Waals surface area contributed by atoms with Gasteiger partial charge < -0.3 is 11.2 Å². The first-order chi connectivity index (χ1) is 12.4. The molecule has 0 spiro atoms. The van der Waals surface area contributed by atoms with Crippen molar-refractivity contribution >= 4 is 46.6 Å². The van der Waals surface area contributed by atoms with Crippen LogP contribution in [-0.2, 0) is 4.79 Å². The lowest BCUT2D eigenvalue weighted by atomic mass is 10.3. The van der Waals surface area contributed by atoms with Gasteiger partial charge in [0, 0.05) is 5.69 Å². The van der Waals surface area contributed by atoms with Crippen molar-refractivity contribution in [3.63, 3.8) is 0 Å². The fraction of sp³-hybridized carbons (Fsp3) is 0.200. The fourth-order valence-corrected chi connectivity index (χ4v) is 3.26. The summed E-state index contributed by atoms with van der Waals surface area (Å²) in [5.74, 6) is 6.22. The zero-order chi connectivity index (χ0) is 18.8. The monoisotopic (exact) mass is 411 g/mol. The first-order valence-electron chi connectivity index (χ1n) is 7.47. The number of nitrogens with one attached hydrogen (secondary N) is 1. The predicted molar refractivity (Wildman–Crippen MR) is 103 cm³/mol. The Morgan fingerprint density at radius 2 is 2.08 bits per heavy atom. The van der Waals surface area contributed by atoms with Gasteiger partial charge in [-0.05, 0) is 32.0 Å². The van der Waals surface area contributed by atoms with Crippen LogP contribution in [0.2, 0.25) is 10.0 Å². The summed E-state index contributed by atoms with van der Waals surface area (Å²) in [5, 5.41) is 16.1. The second-order valence-electron chi connectivity index (χ2n) is 5.43. The molecule has 2 aromatic heterocycles. The number of anilines is 1. The number of halogens is 2. The summed E-state index contributed by atoms with van der Waals surface area (Å²) in [4.78, 5) is 12.1. The number of carbonyl (C=O) groups excluding carboxylic acids is 1. The molecular weight excluding hydrogens is 397 g/mol. The molecule has 0 saturated heterocycles. The van der Waals surface area contributed by atoms with E-state index in [0.29, 0.717) is 26.8 Å². The smallest absolute Gasteiger partial charge is 0.271 e. The maximum absolute atomic E-state index is 12.1. The summed E-state index contributed by atoms with van der Waals surface area (Å²) < 4.78 is 2.89. The Morgan fingerprint density at radius 3 is 2.77 bits per heavy atom. The molecule has 1 amide bonds. The molecule has 0 unspecified atom stereocenters. The zero-order valence-corrected chi connectivity index (χ0v) is 16.2. The molecule has 2 heterocycles. The second kappa shape index (κ2) is 7.56. The van der Waals surface area contributed by atoms with Crippen LogP contribution in [0.3, 0.4) is 0 Å². The normalized spacial score (nSPS) is 10.9. The van der Waals surface area contributed by atoms with Crippen molar-refractivity contribution in [2.45, 2.75) is 19.0 Å². The van der Waals surface area contributed by atoms with Gasteiger partial charge >= 0.3 is 0 Å². The molecule has 0 fully saturated rings. The maximum atomic E-state index is 12.1. The minimum Gasteiger partial charge on any atom is -0.334 e. The molecule has 3 aromatic rings. The van der Waals surface area contributed by atoms with Crippen LogP contribution in [0.25, 0.3) is 5.95 Å². The molecule has 0 saturated carbocycles. The number of hydrogen-bond donors (Lipinski definition) is 2. The standard InChI is InChI=1S/C15H15Cl2N7OS/c1-8-6-9(2)24(22-8)14-20-21-15(23(14)18)26-7-12(25)19-11-5-3-4-10(16)13(11)17/h3-6H,7,18H2,1-2H3,(H,19,25). The van der Waals surface area contributed by atoms with Gasteiger partial charge in [-0.1, -0.05) is 41.0 Å². The van der Waals surface area contributed by atoms with E-state index in [2.05, 4.69) is 20.6 Å². The summed E-state index contributed by atoms with van der Waals surface area (Å²) in [6.07, 6.45) is 0. The second-order valence-corrected chi connectivity index (χ2v) is 7.16. The van der Waals surface area contributed by atoms with Crippen molar-refractivity contribution in [3.05, 3.63) is 45.7 Å². The number of nitrogen functional groups attached to an aromatic ring is 1. The number of aromatic nitrogens is 5. The third kappa shape index (κ3) is 3.79. The van der Waals surface area contributed by atoms with Gasteiger partial charge in [-0.3, -0.25) is 4.79 Å². The largest absolute Gasteiger partial charge is 0.334 e. The van der Waals surface area contributed by atoms with Crippen molar-refractivity contribution < 1.29 is 4.79 Å². The Balaban J connectivity index is 1.68. The van der Waals surface area contributed by atoms with E-state index in [4.69, 9.17) is 29.0 Å². The van der Waals surface area contributed by atoms with E-state index in [1.54, 1.807) is 22.9 Å². The molecule has 0 atom stereocenters. The first-order valence-corrected chi connectivity index (χ1v) is 9.21. The molecule has 0 bridgehead atoms. The summed E-state index contributed by atoms with van der Waals surface area (Å²) >= 11 is 13.1. The number of hydrogen-bond acceptors (Lipinski definition) is 6. The van der Waals surface area contributed by atoms with E-state index in [-0.39, 0.29) is 11.7 Å². The van der Waals surface area contributed by atoms with Gasteiger partial charge in [0.2, 0.25) is 11.1 Å². The summed E-state index contributed by atoms with van der Waals surface area (Å²) in [6, 6.07) is 6.92. The molecule has 11 heteroatoms.